The van der Waals surface area contributed by atoms with Crippen LogP contribution in [0.15, 0.2) is 0 Å². The van der Waals surface area contributed by atoms with Crippen molar-refractivity contribution in [3.05, 3.63) is 0 Å². The SMILES string of the molecule is COC(=O)CC(C(=O)OC)[N+]1(CCO)C(C)(C)CC(O)CC1(C)C. The number of ether oxygens (including phenoxy) is 2. The summed E-state index contributed by atoms with van der Waals surface area (Å²) in [7, 11) is 2.57. The summed E-state index contributed by atoms with van der Waals surface area (Å²) >= 11 is 0. The fraction of sp³-hybridized carbons (Fsp3) is 0.882. The average Bonchev–Trinajstić information content (AvgIpc) is 2.46. The monoisotopic (exact) mass is 346 g/mol. The van der Waals surface area contributed by atoms with Crippen molar-refractivity contribution < 1.29 is 33.8 Å². The van der Waals surface area contributed by atoms with Crippen LogP contribution >= 0.6 is 0 Å². The molecule has 7 heteroatoms. The van der Waals surface area contributed by atoms with Crippen LogP contribution in [0.3, 0.4) is 0 Å². The molecule has 0 bridgehead atoms. The number of carbonyl (C=O) groups excluding carboxylic acids is 2. The zero-order chi connectivity index (χ0) is 18.8. The number of piperidine rings is 1. The summed E-state index contributed by atoms with van der Waals surface area (Å²) in [6.07, 6.45) is 0.291. The standard InChI is InChI=1S/C17H32NO6/c1-16(2)10-12(20)11-17(3,4)18(16,7-8-19)13(15(22)24-6)9-14(21)23-5/h12-13,19-20H,7-11H2,1-6H3/q+1. The summed E-state index contributed by atoms with van der Waals surface area (Å²) < 4.78 is 9.93. The maximum Gasteiger partial charge on any atom is 0.365 e. The van der Waals surface area contributed by atoms with Gasteiger partial charge in [0.05, 0.1) is 38.0 Å². The largest absolute Gasteiger partial charge is 0.469 e. The van der Waals surface area contributed by atoms with Crippen molar-refractivity contribution in [2.24, 2.45) is 0 Å². The normalized spacial score (nSPS) is 29.6. The smallest absolute Gasteiger partial charge is 0.365 e. The summed E-state index contributed by atoms with van der Waals surface area (Å²) in [6.45, 7) is 7.97. The Hall–Kier alpha value is -1.18. The molecule has 1 saturated heterocycles. The molecule has 0 radical (unpaired) electrons. The van der Waals surface area contributed by atoms with E-state index in [1.165, 1.54) is 14.2 Å². The third kappa shape index (κ3) is 3.43. The van der Waals surface area contributed by atoms with Crippen LogP contribution < -0.4 is 0 Å². The molecule has 0 aromatic heterocycles. The average molecular weight is 346 g/mol. The molecule has 24 heavy (non-hydrogen) atoms. The highest BCUT2D eigenvalue weighted by Gasteiger charge is 2.64. The number of aliphatic hydroxyl groups is 2. The first-order chi connectivity index (χ1) is 11.0. The molecule has 7 nitrogen and oxygen atoms in total. The zero-order valence-electron chi connectivity index (χ0n) is 15.7. The van der Waals surface area contributed by atoms with Crippen LogP contribution in [0.4, 0.5) is 0 Å². The number of aliphatic hydroxyl groups excluding tert-OH is 2. The van der Waals surface area contributed by atoms with Crippen LogP contribution in [0.2, 0.25) is 0 Å². The van der Waals surface area contributed by atoms with Crippen LogP contribution in [0, 0.1) is 0 Å². The number of hydrogen-bond donors (Lipinski definition) is 2. The van der Waals surface area contributed by atoms with Gasteiger partial charge in [0.25, 0.3) is 0 Å². The van der Waals surface area contributed by atoms with E-state index in [0.717, 1.165) is 0 Å². The van der Waals surface area contributed by atoms with Crippen LogP contribution in [0.5, 0.6) is 0 Å². The van der Waals surface area contributed by atoms with E-state index in [9.17, 15) is 19.8 Å². The highest BCUT2D eigenvalue weighted by atomic mass is 16.5. The summed E-state index contributed by atoms with van der Waals surface area (Å²) in [4.78, 5) is 24.6. The van der Waals surface area contributed by atoms with Gasteiger partial charge >= 0.3 is 11.9 Å². The van der Waals surface area contributed by atoms with E-state index in [1.807, 2.05) is 27.7 Å². The molecule has 1 heterocycles. The van der Waals surface area contributed by atoms with Gasteiger partial charge in [0.2, 0.25) is 0 Å². The van der Waals surface area contributed by atoms with Gasteiger partial charge in [-0.3, -0.25) is 4.79 Å². The Kier molecular flexibility index (Phi) is 6.41. The van der Waals surface area contributed by atoms with E-state index in [2.05, 4.69) is 0 Å². The van der Waals surface area contributed by atoms with E-state index in [-0.39, 0.29) is 24.1 Å². The lowest BCUT2D eigenvalue weighted by atomic mass is 9.72. The number of methoxy groups -OCH3 is 2. The number of hydrogen-bond acceptors (Lipinski definition) is 6. The topological polar surface area (TPSA) is 93.1 Å². The highest BCUT2D eigenvalue weighted by molar-refractivity contribution is 5.81. The fourth-order valence-corrected chi connectivity index (χ4v) is 4.93. The van der Waals surface area contributed by atoms with Gasteiger partial charge in [-0.05, 0) is 27.7 Å². The van der Waals surface area contributed by atoms with Crippen LogP contribution in [-0.2, 0) is 19.1 Å². The van der Waals surface area contributed by atoms with Gasteiger partial charge < -0.3 is 24.2 Å². The molecule has 1 unspecified atom stereocenters. The van der Waals surface area contributed by atoms with E-state index < -0.39 is 35.2 Å². The molecule has 2 N–H and O–H groups in total. The first-order valence-electron chi connectivity index (χ1n) is 8.30. The Morgan fingerprint density at radius 2 is 1.62 bits per heavy atom. The minimum absolute atomic E-state index is 0.133. The van der Waals surface area contributed by atoms with Gasteiger partial charge in [-0.25, -0.2) is 4.79 Å². The molecule has 1 atom stereocenters. The van der Waals surface area contributed by atoms with Crippen LogP contribution in [-0.4, -0.2) is 77.2 Å². The van der Waals surface area contributed by atoms with Crippen molar-refractivity contribution in [2.75, 3.05) is 27.4 Å². The summed E-state index contributed by atoms with van der Waals surface area (Å²) in [5.41, 5.74) is -1.09. The lowest BCUT2D eigenvalue weighted by Crippen LogP contribution is -2.80. The third-order valence-electron chi connectivity index (χ3n) is 5.68. The minimum Gasteiger partial charge on any atom is -0.469 e. The molecular weight excluding hydrogens is 314 g/mol. The Morgan fingerprint density at radius 1 is 1.12 bits per heavy atom. The van der Waals surface area contributed by atoms with Gasteiger partial charge in [0.15, 0.2) is 6.04 Å². The summed E-state index contributed by atoms with van der Waals surface area (Å²) in [6, 6.07) is -0.813. The maximum absolute atomic E-state index is 12.6. The molecule has 140 valence electrons. The Balaban J connectivity index is 3.56. The van der Waals surface area contributed by atoms with Crippen LogP contribution in [0.25, 0.3) is 0 Å². The molecule has 1 aliphatic heterocycles. The maximum atomic E-state index is 12.6. The second kappa shape index (κ2) is 7.37. The molecule has 1 fully saturated rings. The number of rotatable bonds is 6. The molecule has 0 spiro atoms. The Labute approximate surface area is 144 Å². The first kappa shape index (κ1) is 20.9. The predicted octanol–water partition coefficient (Wildman–Crippen LogP) is 0.612. The van der Waals surface area contributed by atoms with Crippen molar-refractivity contribution in [2.45, 2.75) is 70.2 Å². The molecule has 0 aromatic rings. The molecule has 0 saturated carbocycles. The van der Waals surface area contributed by atoms with Crippen molar-refractivity contribution in [1.29, 1.82) is 0 Å². The lowest BCUT2D eigenvalue weighted by molar-refractivity contribution is -1.03. The number of esters is 2. The van der Waals surface area contributed by atoms with E-state index in [1.54, 1.807) is 0 Å². The van der Waals surface area contributed by atoms with E-state index >= 15 is 0 Å². The minimum atomic E-state index is -0.813. The van der Waals surface area contributed by atoms with Crippen molar-refractivity contribution in [3.8, 4) is 0 Å². The van der Waals surface area contributed by atoms with Crippen LogP contribution in [0.1, 0.15) is 47.0 Å². The fourth-order valence-electron chi connectivity index (χ4n) is 4.93. The van der Waals surface area contributed by atoms with Gasteiger partial charge in [-0.1, -0.05) is 0 Å². The molecule has 0 aromatic carbocycles. The van der Waals surface area contributed by atoms with Gasteiger partial charge in [-0.15, -0.1) is 0 Å². The number of likely N-dealkylation sites (tertiary alicyclic amines) is 1. The summed E-state index contributed by atoms with van der Waals surface area (Å²) in [5.74, 6) is -1.01. The third-order valence-corrected chi connectivity index (χ3v) is 5.68. The molecular formula is C17H32NO6+. The van der Waals surface area contributed by atoms with Gasteiger partial charge in [0, 0.05) is 12.8 Å². The second-order valence-corrected chi connectivity index (χ2v) is 7.82. The Morgan fingerprint density at radius 3 is 2.00 bits per heavy atom. The Bertz CT molecular complexity index is 456. The second-order valence-electron chi connectivity index (χ2n) is 7.82. The number of quaternary nitrogens is 1. The molecule has 1 aliphatic rings. The van der Waals surface area contributed by atoms with Crippen molar-refractivity contribution >= 4 is 11.9 Å². The molecule has 1 rings (SSSR count). The quantitative estimate of drug-likeness (QED) is 0.541. The van der Waals surface area contributed by atoms with E-state index in [4.69, 9.17) is 9.47 Å². The van der Waals surface area contributed by atoms with Crippen molar-refractivity contribution in [1.82, 2.24) is 0 Å². The molecule has 0 aliphatic carbocycles. The lowest BCUT2D eigenvalue weighted by Gasteiger charge is -2.64. The predicted molar refractivity (Wildman–Crippen MR) is 88.0 cm³/mol. The highest BCUT2D eigenvalue weighted by Crippen LogP contribution is 2.48. The molecule has 0 amide bonds. The number of nitrogens with zero attached hydrogens (tertiary/aromatic N) is 1. The van der Waals surface area contributed by atoms with E-state index in [0.29, 0.717) is 12.8 Å². The zero-order valence-corrected chi connectivity index (χ0v) is 15.7. The summed E-state index contributed by atoms with van der Waals surface area (Å²) in [5, 5.41) is 20.1. The van der Waals surface area contributed by atoms with Gasteiger partial charge in [-0.2, -0.15) is 0 Å². The number of carbonyl (C=O) groups is 2. The first-order valence-corrected chi connectivity index (χ1v) is 8.30. The van der Waals surface area contributed by atoms with Gasteiger partial charge in [0.1, 0.15) is 13.0 Å². The van der Waals surface area contributed by atoms with Crippen molar-refractivity contribution in [3.63, 3.8) is 0 Å².